The summed E-state index contributed by atoms with van der Waals surface area (Å²) >= 11 is 0. The number of alkyl halides is 17. The van der Waals surface area contributed by atoms with Crippen LogP contribution in [0.5, 0.6) is 0 Å². The Labute approximate surface area is 220 Å². The van der Waals surface area contributed by atoms with Crippen LogP contribution in [0.2, 0.25) is 0 Å². The maximum absolute atomic E-state index is 13.8. The van der Waals surface area contributed by atoms with Gasteiger partial charge in [0, 0.05) is 6.42 Å². The van der Waals surface area contributed by atoms with Crippen LogP contribution in [-0.4, -0.2) is 93.0 Å². The van der Waals surface area contributed by atoms with E-state index in [-0.39, 0.29) is 17.6 Å². The molecule has 0 heterocycles. The summed E-state index contributed by atoms with van der Waals surface area (Å²) in [4.78, 5) is 11.5. The number of hydrogen-bond donors (Lipinski definition) is 0. The minimum Gasteiger partial charge on any atom is -0.756 e. The Bertz CT molecular complexity index is 918. The highest BCUT2D eigenvalue weighted by atomic mass is 31.2. The molecule has 0 aliphatic rings. The second-order valence-electron chi connectivity index (χ2n) is 9.59. The standard InChI is InChI=1S/C18H23F17NO4P/c1-36(2,3)8-10-40-41(37,38)39-9-6-4-5-7-11(19,20)12(21,22)13(23,24)14(25,26)15(27,28)16(29,30)17(31,32)18(33,34)35/h4-10H2,1-3H3. The zero-order valence-corrected chi connectivity index (χ0v) is 21.8. The van der Waals surface area contributed by atoms with Crippen molar-refractivity contribution in [1.82, 2.24) is 0 Å². The summed E-state index contributed by atoms with van der Waals surface area (Å²) in [6.07, 6.45) is -13.2. The summed E-state index contributed by atoms with van der Waals surface area (Å²) < 4.78 is 245. The van der Waals surface area contributed by atoms with E-state index >= 15 is 0 Å². The summed E-state index contributed by atoms with van der Waals surface area (Å²) in [5.41, 5.74) is 0. The van der Waals surface area contributed by atoms with Crippen molar-refractivity contribution in [3.05, 3.63) is 0 Å². The molecule has 0 aliphatic carbocycles. The molecule has 0 radical (unpaired) electrons. The fourth-order valence-electron chi connectivity index (χ4n) is 2.62. The van der Waals surface area contributed by atoms with Crippen LogP contribution in [0.3, 0.4) is 0 Å². The highest BCUT2D eigenvalue weighted by molar-refractivity contribution is 7.45. The van der Waals surface area contributed by atoms with Crippen molar-refractivity contribution in [3.63, 3.8) is 0 Å². The summed E-state index contributed by atoms with van der Waals surface area (Å²) in [5.74, 6) is -56.6. The monoisotopic (exact) mass is 671 g/mol. The van der Waals surface area contributed by atoms with Gasteiger partial charge in [0.2, 0.25) is 0 Å². The number of hydrogen-bond acceptors (Lipinski definition) is 4. The third kappa shape index (κ3) is 8.08. The largest absolute Gasteiger partial charge is 0.756 e. The Morgan fingerprint density at radius 1 is 0.561 bits per heavy atom. The van der Waals surface area contributed by atoms with Crippen LogP contribution in [0.15, 0.2) is 0 Å². The topological polar surface area (TPSA) is 58.6 Å². The lowest BCUT2D eigenvalue weighted by molar-refractivity contribution is -0.870. The van der Waals surface area contributed by atoms with Crippen molar-refractivity contribution in [1.29, 1.82) is 0 Å². The number of quaternary nitrogens is 1. The Balaban J connectivity index is 5.55. The van der Waals surface area contributed by atoms with E-state index in [2.05, 4.69) is 9.05 Å². The number of halogens is 17. The van der Waals surface area contributed by atoms with Gasteiger partial charge >= 0.3 is 47.6 Å². The van der Waals surface area contributed by atoms with Gasteiger partial charge in [-0.15, -0.1) is 0 Å². The molecule has 0 aliphatic heterocycles. The Kier molecular flexibility index (Phi) is 11.8. The van der Waals surface area contributed by atoms with Crippen molar-refractivity contribution in [3.8, 4) is 0 Å². The number of rotatable bonds is 17. The summed E-state index contributed by atoms with van der Waals surface area (Å²) in [5, 5.41) is 0. The molecule has 5 nitrogen and oxygen atoms in total. The van der Waals surface area contributed by atoms with E-state index in [1.165, 1.54) is 0 Å². The smallest absolute Gasteiger partial charge is 0.460 e. The lowest BCUT2D eigenvalue weighted by Gasteiger charge is -2.42. The van der Waals surface area contributed by atoms with Crippen molar-refractivity contribution in [2.45, 2.75) is 73.3 Å². The maximum Gasteiger partial charge on any atom is 0.460 e. The van der Waals surface area contributed by atoms with E-state index in [1.807, 2.05) is 0 Å². The van der Waals surface area contributed by atoms with Gasteiger partial charge in [-0.25, -0.2) is 0 Å². The number of likely N-dealkylation sites (N-methyl/N-ethyl adjacent to an activating group) is 1. The van der Waals surface area contributed by atoms with E-state index < -0.39 is 87.7 Å². The van der Waals surface area contributed by atoms with E-state index in [0.29, 0.717) is 0 Å². The highest BCUT2D eigenvalue weighted by Crippen LogP contribution is 2.64. The first-order chi connectivity index (χ1) is 17.7. The third-order valence-corrected chi connectivity index (χ3v) is 6.18. The van der Waals surface area contributed by atoms with Crippen LogP contribution in [-0.2, 0) is 13.6 Å². The summed E-state index contributed by atoms with van der Waals surface area (Å²) in [6, 6.07) is 0. The maximum atomic E-state index is 13.8. The molecule has 0 aromatic carbocycles. The van der Waals surface area contributed by atoms with Crippen LogP contribution in [0.25, 0.3) is 0 Å². The molecule has 0 saturated carbocycles. The van der Waals surface area contributed by atoms with E-state index in [4.69, 9.17) is 0 Å². The predicted octanol–water partition coefficient (Wildman–Crippen LogP) is 6.76. The first-order valence-corrected chi connectivity index (χ1v) is 12.2. The molecule has 1 atom stereocenters. The number of unbranched alkanes of at least 4 members (excludes halogenated alkanes) is 2. The van der Waals surface area contributed by atoms with Crippen molar-refractivity contribution in [2.24, 2.45) is 0 Å². The number of phosphoric ester groups is 1. The molecule has 0 amide bonds. The van der Waals surface area contributed by atoms with Gasteiger partial charge in [-0.3, -0.25) is 4.57 Å². The highest BCUT2D eigenvalue weighted by Gasteiger charge is 2.95. The molecule has 23 heteroatoms. The molecule has 0 N–H and O–H groups in total. The fraction of sp³-hybridized carbons (Fsp3) is 1.00. The quantitative estimate of drug-likeness (QED) is 0.0743. The SMILES string of the molecule is C[N+](C)(C)CCOP(=O)([O-])OCCCCCC(F)(F)C(F)(F)C(F)(F)C(F)(F)C(F)(F)C(F)(F)C(F)(F)C(F)(F)F. The molecule has 0 rings (SSSR count). The first kappa shape index (κ1) is 39.9. The van der Waals surface area contributed by atoms with Gasteiger partial charge in [0.25, 0.3) is 7.82 Å². The molecule has 41 heavy (non-hydrogen) atoms. The molecule has 0 aromatic rings. The first-order valence-electron chi connectivity index (χ1n) is 10.8. The Morgan fingerprint density at radius 2 is 0.927 bits per heavy atom. The fourth-order valence-corrected chi connectivity index (χ4v) is 3.35. The van der Waals surface area contributed by atoms with E-state index in [1.54, 1.807) is 21.1 Å². The number of nitrogens with zero attached hydrogens (tertiary/aromatic N) is 1. The van der Waals surface area contributed by atoms with Gasteiger partial charge in [-0.1, -0.05) is 6.42 Å². The lowest BCUT2D eigenvalue weighted by Crippen LogP contribution is -2.74. The van der Waals surface area contributed by atoms with Gasteiger partial charge < -0.3 is 18.4 Å². The van der Waals surface area contributed by atoms with Crippen LogP contribution < -0.4 is 4.89 Å². The minimum atomic E-state index is -8.67. The zero-order valence-electron chi connectivity index (χ0n) is 20.9. The van der Waals surface area contributed by atoms with Gasteiger partial charge in [0.05, 0.1) is 27.7 Å². The van der Waals surface area contributed by atoms with Crippen LogP contribution >= 0.6 is 7.82 Å². The third-order valence-electron chi connectivity index (χ3n) is 5.18. The van der Waals surface area contributed by atoms with Crippen LogP contribution in [0.1, 0.15) is 25.7 Å². The van der Waals surface area contributed by atoms with Crippen LogP contribution in [0.4, 0.5) is 74.6 Å². The van der Waals surface area contributed by atoms with Gasteiger partial charge in [0.1, 0.15) is 13.2 Å². The zero-order chi connectivity index (χ0) is 33.4. The molecule has 0 aromatic heterocycles. The molecule has 248 valence electrons. The molecular weight excluding hydrogens is 648 g/mol. The van der Waals surface area contributed by atoms with Crippen LogP contribution in [0, 0.1) is 0 Å². The van der Waals surface area contributed by atoms with Gasteiger partial charge in [0.15, 0.2) is 0 Å². The number of phosphoric acid groups is 1. The molecule has 1 unspecified atom stereocenters. The van der Waals surface area contributed by atoms with Crippen molar-refractivity contribution >= 4 is 7.82 Å². The second kappa shape index (κ2) is 12.1. The second-order valence-corrected chi connectivity index (χ2v) is 11.0. The van der Waals surface area contributed by atoms with Gasteiger partial charge in [-0.05, 0) is 12.8 Å². The average Bonchev–Trinajstić information content (AvgIpc) is 2.73. The van der Waals surface area contributed by atoms with Crippen molar-refractivity contribution < 1.29 is 97.6 Å². The molecule has 0 fully saturated rings. The Hall–Kier alpha value is -1.12. The predicted molar refractivity (Wildman–Crippen MR) is 102 cm³/mol. The van der Waals surface area contributed by atoms with Crippen molar-refractivity contribution in [2.75, 3.05) is 40.9 Å². The average molecular weight is 671 g/mol. The van der Waals surface area contributed by atoms with Gasteiger partial charge in [-0.2, -0.15) is 74.6 Å². The Morgan fingerprint density at radius 3 is 1.32 bits per heavy atom. The summed E-state index contributed by atoms with van der Waals surface area (Å²) in [7, 11) is 0.0224. The van der Waals surface area contributed by atoms with E-state index in [0.717, 1.165) is 0 Å². The molecular formula is C18H23F17NO4P. The minimum absolute atomic E-state index is 0.164. The molecule has 0 bridgehead atoms. The van der Waals surface area contributed by atoms with E-state index in [9.17, 15) is 84.1 Å². The molecule has 0 saturated heterocycles. The normalized spacial score (nSPS) is 17.1. The lowest BCUT2D eigenvalue weighted by atomic mass is 9.88. The molecule has 0 spiro atoms. The summed E-state index contributed by atoms with van der Waals surface area (Å²) in [6.45, 7) is -1.07.